The third-order valence-electron chi connectivity index (χ3n) is 5.05. The highest BCUT2D eigenvalue weighted by atomic mass is 32.1. The molecule has 0 aliphatic carbocycles. The lowest BCUT2D eigenvalue weighted by molar-refractivity contribution is -0.130. The predicted octanol–water partition coefficient (Wildman–Crippen LogP) is 4.38. The lowest BCUT2D eigenvalue weighted by Gasteiger charge is -2.24. The normalized spacial score (nSPS) is 10.8. The van der Waals surface area contributed by atoms with E-state index >= 15 is 0 Å². The number of amides is 3. The molecule has 0 fully saturated rings. The maximum Gasteiger partial charge on any atom is 0.254 e. The van der Waals surface area contributed by atoms with E-state index in [9.17, 15) is 14.4 Å². The molecule has 1 heterocycles. The van der Waals surface area contributed by atoms with Crippen molar-refractivity contribution in [3.05, 3.63) is 46.5 Å². The van der Waals surface area contributed by atoms with Crippen molar-refractivity contribution in [2.45, 2.75) is 53.9 Å². The van der Waals surface area contributed by atoms with E-state index in [2.05, 4.69) is 24.1 Å². The first-order chi connectivity index (χ1) is 15.7. The molecule has 180 valence electrons. The Morgan fingerprint density at radius 1 is 1.06 bits per heavy atom. The quantitative estimate of drug-likeness (QED) is 0.497. The average Bonchev–Trinajstić information content (AvgIpc) is 3.19. The Bertz CT molecular complexity index is 935. The van der Waals surface area contributed by atoms with E-state index in [4.69, 9.17) is 0 Å². The van der Waals surface area contributed by atoms with Gasteiger partial charge in [-0.05, 0) is 37.3 Å². The molecule has 0 radical (unpaired) electrons. The fourth-order valence-corrected chi connectivity index (χ4v) is 4.32. The maximum atomic E-state index is 13.1. The first kappa shape index (κ1) is 26.5. The van der Waals surface area contributed by atoms with Gasteiger partial charge in [-0.25, -0.2) is 4.98 Å². The van der Waals surface area contributed by atoms with Gasteiger partial charge >= 0.3 is 0 Å². The molecule has 2 aromatic rings. The number of nitrogens with zero attached hydrogens (tertiary/aromatic N) is 3. The summed E-state index contributed by atoms with van der Waals surface area (Å²) in [5, 5.41) is 5.03. The minimum Gasteiger partial charge on any atom is -0.342 e. The largest absolute Gasteiger partial charge is 0.342 e. The standard InChI is InChI=1S/C25H36N4O3S/c1-6-12-28(13-7-2)23(31)14-20-17-33-25(26-20)27-22(30)16-29(15-18(3)4)24(32)21-11-9-8-10-19(21)5/h8-11,17-18H,6-7,12-16H2,1-5H3,(H,26,27,30). The number of hydrogen-bond donors (Lipinski definition) is 1. The van der Waals surface area contributed by atoms with Crippen LogP contribution in [0, 0.1) is 12.8 Å². The number of aryl methyl sites for hydroxylation is 1. The number of carbonyl (C=O) groups is 3. The number of carbonyl (C=O) groups excluding carboxylic acids is 3. The highest BCUT2D eigenvalue weighted by Gasteiger charge is 2.22. The van der Waals surface area contributed by atoms with Gasteiger partial charge in [-0.1, -0.05) is 45.9 Å². The van der Waals surface area contributed by atoms with Crippen molar-refractivity contribution in [3.63, 3.8) is 0 Å². The van der Waals surface area contributed by atoms with Gasteiger partial charge in [0.05, 0.1) is 12.1 Å². The molecule has 0 bridgehead atoms. The fourth-order valence-electron chi connectivity index (χ4n) is 3.59. The molecule has 0 atom stereocenters. The number of benzene rings is 1. The Hall–Kier alpha value is -2.74. The van der Waals surface area contributed by atoms with E-state index in [0.29, 0.717) is 22.9 Å². The van der Waals surface area contributed by atoms with Crippen molar-refractivity contribution in [1.29, 1.82) is 0 Å². The summed E-state index contributed by atoms with van der Waals surface area (Å²) in [5.74, 6) is -0.191. The van der Waals surface area contributed by atoms with Crippen LogP contribution >= 0.6 is 11.3 Å². The summed E-state index contributed by atoms with van der Waals surface area (Å²) in [6.45, 7) is 11.9. The van der Waals surface area contributed by atoms with Crippen molar-refractivity contribution >= 4 is 34.2 Å². The Kier molecular flexibility index (Phi) is 10.5. The van der Waals surface area contributed by atoms with E-state index in [1.807, 2.05) is 43.9 Å². The molecule has 0 saturated heterocycles. The van der Waals surface area contributed by atoms with Gasteiger partial charge < -0.3 is 15.1 Å². The molecule has 1 aromatic carbocycles. The molecule has 3 amide bonds. The summed E-state index contributed by atoms with van der Waals surface area (Å²) in [7, 11) is 0. The Morgan fingerprint density at radius 2 is 1.73 bits per heavy atom. The second kappa shape index (κ2) is 13.1. The van der Waals surface area contributed by atoms with Gasteiger partial charge in [-0.15, -0.1) is 11.3 Å². The van der Waals surface area contributed by atoms with Crippen molar-refractivity contribution in [1.82, 2.24) is 14.8 Å². The van der Waals surface area contributed by atoms with Crippen LogP contribution in [0.3, 0.4) is 0 Å². The first-order valence-corrected chi connectivity index (χ1v) is 12.5. The molecule has 7 nitrogen and oxygen atoms in total. The van der Waals surface area contributed by atoms with Crippen LogP contribution in [0.1, 0.15) is 62.2 Å². The van der Waals surface area contributed by atoms with E-state index in [0.717, 1.165) is 31.5 Å². The summed E-state index contributed by atoms with van der Waals surface area (Å²) >= 11 is 1.29. The predicted molar refractivity (Wildman–Crippen MR) is 134 cm³/mol. The summed E-state index contributed by atoms with van der Waals surface area (Å²) in [5.41, 5.74) is 2.13. The van der Waals surface area contributed by atoms with E-state index < -0.39 is 0 Å². The topological polar surface area (TPSA) is 82.6 Å². The first-order valence-electron chi connectivity index (χ1n) is 11.6. The van der Waals surface area contributed by atoms with Crippen LogP contribution in [0.2, 0.25) is 0 Å². The molecule has 1 N–H and O–H groups in total. The minimum absolute atomic E-state index is 0.0498. The summed E-state index contributed by atoms with van der Waals surface area (Å²) in [4.78, 5) is 46.2. The average molecular weight is 473 g/mol. The SMILES string of the molecule is CCCN(CCC)C(=O)Cc1csc(NC(=O)CN(CC(C)C)C(=O)c2ccccc2C)n1. The molecule has 2 rings (SSSR count). The number of rotatable bonds is 12. The van der Waals surface area contributed by atoms with Gasteiger partial charge in [-0.3, -0.25) is 14.4 Å². The third kappa shape index (κ3) is 8.28. The van der Waals surface area contributed by atoms with Gasteiger partial charge in [0.15, 0.2) is 5.13 Å². The van der Waals surface area contributed by atoms with E-state index in [1.165, 1.54) is 11.3 Å². The highest BCUT2D eigenvalue weighted by Crippen LogP contribution is 2.17. The second-order valence-electron chi connectivity index (χ2n) is 8.64. The second-order valence-corrected chi connectivity index (χ2v) is 9.50. The van der Waals surface area contributed by atoms with Gasteiger partial charge in [0, 0.05) is 30.6 Å². The van der Waals surface area contributed by atoms with Gasteiger partial charge in [0.2, 0.25) is 11.8 Å². The van der Waals surface area contributed by atoms with Gasteiger partial charge in [0.1, 0.15) is 6.54 Å². The van der Waals surface area contributed by atoms with Crippen LogP contribution in [-0.4, -0.2) is 58.7 Å². The Morgan fingerprint density at radius 3 is 2.33 bits per heavy atom. The molecule has 0 spiro atoms. The number of thiazole rings is 1. The molecule has 33 heavy (non-hydrogen) atoms. The Labute approximate surface area is 201 Å². The molecule has 0 aliphatic heterocycles. The fraction of sp³-hybridized carbons (Fsp3) is 0.520. The van der Waals surface area contributed by atoms with Crippen LogP contribution in [0.25, 0.3) is 0 Å². The van der Waals surface area contributed by atoms with Crippen LogP contribution in [0.5, 0.6) is 0 Å². The zero-order chi connectivity index (χ0) is 24.4. The van der Waals surface area contributed by atoms with Crippen LogP contribution in [0.15, 0.2) is 29.6 Å². The molecule has 1 aromatic heterocycles. The van der Waals surface area contributed by atoms with Crippen LogP contribution < -0.4 is 5.32 Å². The Balaban J connectivity index is 2.02. The number of nitrogens with one attached hydrogen (secondary N) is 1. The molecule has 0 aliphatic rings. The summed E-state index contributed by atoms with van der Waals surface area (Å²) < 4.78 is 0. The molecular weight excluding hydrogens is 436 g/mol. The lowest BCUT2D eigenvalue weighted by atomic mass is 10.1. The van der Waals surface area contributed by atoms with Gasteiger partial charge in [-0.2, -0.15) is 0 Å². The van der Waals surface area contributed by atoms with Crippen LogP contribution in [-0.2, 0) is 16.0 Å². The summed E-state index contributed by atoms with van der Waals surface area (Å²) in [6.07, 6.45) is 2.05. The van der Waals surface area contributed by atoms with E-state index in [-0.39, 0.29) is 36.6 Å². The highest BCUT2D eigenvalue weighted by molar-refractivity contribution is 7.13. The maximum absolute atomic E-state index is 13.1. The number of aromatic nitrogens is 1. The zero-order valence-electron chi connectivity index (χ0n) is 20.4. The summed E-state index contributed by atoms with van der Waals surface area (Å²) in [6, 6.07) is 7.39. The monoisotopic (exact) mass is 472 g/mol. The third-order valence-corrected chi connectivity index (χ3v) is 5.86. The molecule has 0 unspecified atom stereocenters. The molecule has 0 saturated carbocycles. The van der Waals surface area contributed by atoms with Gasteiger partial charge in [0.25, 0.3) is 5.91 Å². The smallest absolute Gasteiger partial charge is 0.254 e. The number of hydrogen-bond acceptors (Lipinski definition) is 5. The minimum atomic E-state index is -0.302. The number of anilines is 1. The van der Waals surface area contributed by atoms with Crippen molar-refractivity contribution in [2.24, 2.45) is 5.92 Å². The molecule has 8 heteroatoms. The molecular formula is C25H36N4O3S. The van der Waals surface area contributed by atoms with Crippen molar-refractivity contribution < 1.29 is 14.4 Å². The van der Waals surface area contributed by atoms with Crippen LogP contribution in [0.4, 0.5) is 5.13 Å². The lowest BCUT2D eigenvalue weighted by Crippen LogP contribution is -2.40. The zero-order valence-corrected chi connectivity index (χ0v) is 21.2. The van der Waals surface area contributed by atoms with Crippen molar-refractivity contribution in [2.75, 3.05) is 31.5 Å². The van der Waals surface area contributed by atoms with Crippen molar-refractivity contribution in [3.8, 4) is 0 Å². The van der Waals surface area contributed by atoms with E-state index in [1.54, 1.807) is 16.3 Å².